The Balaban J connectivity index is 1.75. The molecule has 1 atom stereocenters. The number of hydrogen-bond acceptors (Lipinski definition) is 8. The van der Waals surface area contributed by atoms with Gasteiger partial charge in [-0.1, -0.05) is 11.3 Å². The van der Waals surface area contributed by atoms with Gasteiger partial charge in [0.25, 0.3) is 0 Å². The van der Waals surface area contributed by atoms with E-state index in [1.165, 1.54) is 37.1 Å². The normalized spacial score (nSPS) is 16.7. The number of rotatable bonds is 7. The average molecular weight is 443 g/mol. The molecule has 0 saturated carbocycles. The molecule has 3 rings (SSSR count). The van der Waals surface area contributed by atoms with Crippen molar-refractivity contribution in [1.29, 1.82) is 0 Å². The van der Waals surface area contributed by atoms with Crippen LogP contribution in [0, 0.1) is 5.82 Å². The molecule has 1 aliphatic heterocycles. The van der Waals surface area contributed by atoms with Gasteiger partial charge in [0.05, 0.1) is 18.8 Å². The molecule has 13 heteroatoms. The number of nitrogens with zero attached hydrogens (tertiary/aromatic N) is 3. The smallest absolute Gasteiger partial charge is 0.414 e. The van der Waals surface area contributed by atoms with Gasteiger partial charge in [0.15, 0.2) is 5.01 Å². The SMILES string of the molecule is CNS(=O)(=O)Cc1nnc(-c2ccc(N3C[C@H](CNC(C)=O)OC3=O)cc2F)s1. The third-order valence-corrected chi connectivity index (χ3v) is 6.45. The van der Waals surface area contributed by atoms with E-state index >= 15 is 0 Å². The van der Waals surface area contributed by atoms with Crippen molar-refractivity contribution in [2.45, 2.75) is 18.8 Å². The molecule has 2 heterocycles. The van der Waals surface area contributed by atoms with E-state index in [-0.39, 0.29) is 40.3 Å². The van der Waals surface area contributed by atoms with Gasteiger partial charge >= 0.3 is 6.09 Å². The number of amides is 2. The van der Waals surface area contributed by atoms with Crippen LogP contribution in [0.4, 0.5) is 14.9 Å². The zero-order chi connectivity index (χ0) is 21.2. The molecule has 1 fully saturated rings. The summed E-state index contributed by atoms with van der Waals surface area (Å²) in [6.45, 7) is 1.69. The molecule has 0 spiro atoms. The fourth-order valence-corrected chi connectivity index (χ4v) is 4.49. The molecular formula is C16H18FN5O5S2. The monoisotopic (exact) mass is 443 g/mol. The van der Waals surface area contributed by atoms with Crippen molar-refractivity contribution >= 4 is 39.0 Å². The maximum atomic E-state index is 14.7. The summed E-state index contributed by atoms with van der Waals surface area (Å²) in [4.78, 5) is 24.3. The number of hydrogen-bond donors (Lipinski definition) is 2. The Kier molecular flexibility index (Phi) is 6.10. The van der Waals surface area contributed by atoms with E-state index in [9.17, 15) is 22.4 Å². The predicted octanol–water partition coefficient (Wildman–Crippen LogP) is 0.855. The van der Waals surface area contributed by atoms with Crippen LogP contribution in [0.2, 0.25) is 0 Å². The molecule has 0 unspecified atom stereocenters. The summed E-state index contributed by atoms with van der Waals surface area (Å²) in [5, 5.41) is 10.7. The van der Waals surface area contributed by atoms with Crippen LogP contribution in [0.3, 0.4) is 0 Å². The van der Waals surface area contributed by atoms with Crippen molar-refractivity contribution in [1.82, 2.24) is 20.2 Å². The minimum atomic E-state index is -3.51. The van der Waals surface area contributed by atoms with E-state index in [1.807, 2.05) is 0 Å². The van der Waals surface area contributed by atoms with E-state index < -0.39 is 28.0 Å². The van der Waals surface area contributed by atoms with Crippen LogP contribution in [0.25, 0.3) is 10.6 Å². The number of ether oxygens (including phenoxy) is 1. The molecule has 29 heavy (non-hydrogen) atoms. The Morgan fingerprint density at radius 2 is 2.17 bits per heavy atom. The standard InChI is InChI=1S/C16H18FN5O5S2/c1-9(23)19-6-11-7-22(16(24)27-11)10-3-4-12(13(17)5-10)15-21-20-14(28-15)8-29(25,26)18-2/h3-5,11,18H,6-8H2,1-2H3,(H,19,23)/t11-/m0/s1. The van der Waals surface area contributed by atoms with Crippen LogP contribution in [0.1, 0.15) is 11.9 Å². The second-order valence-corrected chi connectivity index (χ2v) is 9.17. The number of halogens is 1. The molecule has 2 aromatic rings. The number of nitrogens with one attached hydrogen (secondary N) is 2. The molecule has 1 aromatic carbocycles. The van der Waals surface area contributed by atoms with Crippen LogP contribution in [0.5, 0.6) is 0 Å². The molecule has 0 radical (unpaired) electrons. The maximum Gasteiger partial charge on any atom is 0.414 e. The summed E-state index contributed by atoms with van der Waals surface area (Å²) < 4.78 is 45.2. The third-order valence-electron chi connectivity index (χ3n) is 4.04. The lowest BCUT2D eigenvalue weighted by atomic mass is 10.2. The lowest BCUT2D eigenvalue weighted by Gasteiger charge is -2.14. The first-order valence-electron chi connectivity index (χ1n) is 8.44. The van der Waals surface area contributed by atoms with E-state index in [0.29, 0.717) is 5.69 Å². The summed E-state index contributed by atoms with van der Waals surface area (Å²) >= 11 is 0.964. The lowest BCUT2D eigenvalue weighted by Crippen LogP contribution is -2.33. The summed E-state index contributed by atoms with van der Waals surface area (Å²) in [5.74, 6) is -1.23. The highest BCUT2D eigenvalue weighted by molar-refractivity contribution is 7.88. The van der Waals surface area contributed by atoms with Crippen molar-refractivity contribution in [3.63, 3.8) is 0 Å². The molecule has 0 bridgehead atoms. The van der Waals surface area contributed by atoms with Crippen molar-refractivity contribution < 1.29 is 27.1 Å². The van der Waals surface area contributed by atoms with Crippen LogP contribution < -0.4 is 14.9 Å². The Morgan fingerprint density at radius 1 is 1.41 bits per heavy atom. The number of carbonyl (C=O) groups is 2. The van der Waals surface area contributed by atoms with Gasteiger partial charge in [0.1, 0.15) is 22.7 Å². The molecule has 0 aliphatic carbocycles. The first-order valence-corrected chi connectivity index (χ1v) is 10.9. The molecule has 1 saturated heterocycles. The number of cyclic esters (lactones) is 1. The van der Waals surface area contributed by atoms with Gasteiger partial charge in [-0.05, 0) is 25.2 Å². The highest BCUT2D eigenvalue weighted by atomic mass is 32.2. The predicted molar refractivity (Wildman–Crippen MR) is 103 cm³/mol. The Hall–Kier alpha value is -2.64. The molecule has 10 nitrogen and oxygen atoms in total. The van der Waals surface area contributed by atoms with Gasteiger partial charge in [-0.3, -0.25) is 9.69 Å². The van der Waals surface area contributed by atoms with Gasteiger partial charge in [-0.25, -0.2) is 22.3 Å². The fraction of sp³-hybridized carbons (Fsp3) is 0.375. The molecule has 1 aliphatic rings. The van der Waals surface area contributed by atoms with Crippen molar-refractivity contribution in [2.75, 3.05) is 25.0 Å². The van der Waals surface area contributed by atoms with Gasteiger partial charge in [0.2, 0.25) is 15.9 Å². The highest BCUT2D eigenvalue weighted by Gasteiger charge is 2.32. The van der Waals surface area contributed by atoms with Crippen LogP contribution >= 0.6 is 11.3 Å². The molecule has 156 valence electrons. The van der Waals surface area contributed by atoms with Gasteiger partial charge in [0, 0.05) is 12.5 Å². The number of carbonyl (C=O) groups excluding carboxylic acids is 2. The number of aromatic nitrogens is 2. The molecule has 1 aromatic heterocycles. The molecular weight excluding hydrogens is 425 g/mol. The summed E-state index contributed by atoms with van der Waals surface area (Å²) in [6.07, 6.45) is -1.17. The van der Waals surface area contributed by atoms with E-state index in [2.05, 4.69) is 20.2 Å². The Bertz CT molecular complexity index is 1040. The Labute approximate surface area is 170 Å². The van der Waals surface area contributed by atoms with Crippen molar-refractivity contribution in [3.8, 4) is 10.6 Å². The highest BCUT2D eigenvalue weighted by Crippen LogP contribution is 2.31. The van der Waals surface area contributed by atoms with Gasteiger partial charge in [-0.15, -0.1) is 10.2 Å². The average Bonchev–Trinajstić information content (AvgIpc) is 3.26. The second kappa shape index (κ2) is 8.39. The largest absolute Gasteiger partial charge is 0.442 e. The number of anilines is 1. The van der Waals surface area contributed by atoms with Crippen LogP contribution in [-0.4, -0.2) is 56.9 Å². The van der Waals surface area contributed by atoms with Crippen molar-refractivity contribution in [3.05, 3.63) is 29.0 Å². The van der Waals surface area contributed by atoms with Gasteiger partial charge < -0.3 is 10.1 Å². The van der Waals surface area contributed by atoms with E-state index in [0.717, 1.165) is 11.3 Å². The lowest BCUT2D eigenvalue weighted by molar-refractivity contribution is -0.119. The minimum Gasteiger partial charge on any atom is -0.442 e. The summed E-state index contributed by atoms with van der Waals surface area (Å²) in [6, 6.07) is 4.14. The topological polar surface area (TPSA) is 131 Å². The first kappa shape index (κ1) is 21.1. The van der Waals surface area contributed by atoms with E-state index in [1.54, 1.807) is 0 Å². The fourth-order valence-electron chi connectivity index (χ4n) is 2.60. The maximum absolute atomic E-state index is 14.7. The van der Waals surface area contributed by atoms with Crippen LogP contribution in [0.15, 0.2) is 18.2 Å². The zero-order valence-corrected chi connectivity index (χ0v) is 17.1. The zero-order valence-electron chi connectivity index (χ0n) is 15.5. The molecule has 2 amide bonds. The minimum absolute atomic E-state index is 0.140. The van der Waals surface area contributed by atoms with Crippen LogP contribution in [-0.2, 0) is 25.3 Å². The summed E-state index contributed by atoms with van der Waals surface area (Å²) in [7, 11) is -2.22. The molecule has 2 N–H and O–H groups in total. The number of benzene rings is 1. The first-order chi connectivity index (χ1) is 13.7. The van der Waals surface area contributed by atoms with Gasteiger partial charge in [-0.2, -0.15) is 0 Å². The number of sulfonamides is 1. The Morgan fingerprint density at radius 3 is 2.83 bits per heavy atom. The second-order valence-electron chi connectivity index (χ2n) is 6.18. The van der Waals surface area contributed by atoms with Crippen molar-refractivity contribution in [2.24, 2.45) is 0 Å². The van der Waals surface area contributed by atoms with E-state index in [4.69, 9.17) is 4.74 Å². The third kappa shape index (κ3) is 5.05. The summed E-state index contributed by atoms with van der Waals surface area (Å²) in [5.41, 5.74) is 0.436. The quantitative estimate of drug-likeness (QED) is 0.649.